The van der Waals surface area contributed by atoms with Crippen molar-refractivity contribution in [2.75, 3.05) is 17.2 Å². The summed E-state index contributed by atoms with van der Waals surface area (Å²) in [5.41, 5.74) is 11.8. The molecule has 27 heavy (non-hydrogen) atoms. The number of halogens is 1. The number of nitrogens with two attached hydrogens (primary N) is 2. The van der Waals surface area contributed by atoms with Gasteiger partial charge in [0.1, 0.15) is 23.8 Å². The Balaban J connectivity index is 1.68. The zero-order valence-electron chi connectivity index (χ0n) is 14.0. The van der Waals surface area contributed by atoms with Crippen molar-refractivity contribution in [1.82, 2.24) is 19.5 Å². The van der Waals surface area contributed by atoms with E-state index in [1.54, 1.807) is 0 Å². The molecule has 0 aliphatic carbocycles. The number of fused-ring (bicyclic) bond motifs is 1. The fourth-order valence-corrected chi connectivity index (χ4v) is 3.99. The molecule has 0 saturated carbocycles. The highest BCUT2D eigenvalue weighted by Crippen LogP contribution is 2.33. The standard InChI is InChI=1S/C14H19ClN6O5S/c15-14-19-10(17)7-11(20-14)21(4-18-7)12-9(23)8(22)6(26-12)3-27-2-1-5(16)13(24)25/h4-6,8-9,12,22-23H,1-3,16H2,(H,24,25)(H2,17,19,20)/t5-,6+,8+,9+,12+/m0/s1. The Kier molecular flexibility index (Phi) is 6.03. The molecule has 1 fully saturated rings. The summed E-state index contributed by atoms with van der Waals surface area (Å²) in [6.45, 7) is 0. The van der Waals surface area contributed by atoms with Crippen molar-refractivity contribution in [2.24, 2.45) is 5.73 Å². The third-order valence-electron chi connectivity index (χ3n) is 4.20. The number of aliphatic hydroxyl groups is 2. The molecule has 0 aromatic carbocycles. The first-order valence-corrected chi connectivity index (χ1v) is 9.56. The molecule has 3 rings (SSSR count). The number of hydrogen-bond acceptors (Lipinski definition) is 10. The van der Waals surface area contributed by atoms with Crippen molar-refractivity contribution in [3.63, 3.8) is 0 Å². The minimum Gasteiger partial charge on any atom is -0.480 e. The molecule has 0 unspecified atom stereocenters. The minimum absolute atomic E-state index is 0.0725. The molecule has 1 aliphatic heterocycles. The second-order valence-electron chi connectivity index (χ2n) is 6.06. The number of nitrogen functional groups attached to an aromatic ring is 1. The van der Waals surface area contributed by atoms with Crippen LogP contribution in [-0.2, 0) is 9.53 Å². The summed E-state index contributed by atoms with van der Waals surface area (Å²) in [5, 5.41) is 29.4. The largest absolute Gasteiger partial charge is 0.480 e. The lowest BCUT2D eigenvalue weighted by Gasteiger charge is -2.16. The summed E-state index contributed by atoms with van der Waals surface area (Å²) < 4.78 is 7.23. The second kappa shape index (κ2) is 8.12. The quantitative estimate of drug-likeness (QED) is 0.280. The number of imidazole rings is 1. The van der Waals surface area contributed by atoms with Crippen molar-refractivity contribution >= 4 is 46.3 Å². The predicted molar refractivity (Wildman–Crippen MR) is 98.2 cm³/mol. The monoisotopic (exact) mass is 418 g/mol. The number of rotatable bonds is 7. The molecule has 3 heterocycles. The van der Waals surface area contributed by atoms with Crippen molar-refractivity contribution in [3.8, 4) is 0 Å². The van der Waals surface area contributed by atoms with Crippen molar-refractivity contribution < 1.29 is 24.9 Å². The number of carbonyl (C=O) groups is 1. The van der Waals surface area contributed by atoms with E-state index in [1.165, 1.54) is 22.7 Å². The van der Waals surface area contributed by atoms with Gasteiger partial charge in [-0.25, -0.2) is 4.98 Å². The Morgan fingerprint density at radius 3 is 2.85 bits per heavy atom. The molecule has 0 spiro atoms. The summed E-state index contributed by atoms with van der Waals surface area (Å²) in [6, 6.07) is -0.933. The van der Waals surface area contributed by atoms with Gasteiger partial charge in [0.15, 0.2) is 17.7 Å². The Labute approximate surface area is 162 Å². The van der Waals surface area contributed by atoms with Crippen LogP contribution in [0.3, 0.4) is 0 Å². The van der Waals surface area contributed by atoms with Crippen LogP contribution in [0.15, 0.2) is 6.33 Å². The number of carboxylic acids is 1. The molecule has 0 bridgehead atoms. The average Bonchev–Trinajstić information content (AvgIpc) is 3.14. The van der Waals surface area contributed by atoms with Crippen LogP contribution in [0.25, 0.3) is 11.2 Å². The van der Waals surface area contributed by atoms with Crippen LogP contribution in [0.1, 0.15) is 12.6 Å². The smallest absolute Gasteiger partial charge is 0.320 e. The number of ether oxygens (including phenoxy) is 1. The summed E-state index contributed by atoms with van der Waals surface area (Å²) in [6.07, 6.45) is -2.28. The van der Waals surface area contributed by atoms with Crippen LogP contribution < -0.4 is 11.5 Å². The molecule has 5 atom stereocenters. The number of aromatic nitrogens is 4. The van der Waals surface area contributed by atoms with E-state index in [1.807, 2.05) is 0 Å². The van der Waals surface area contributed by atoms with Crippen LogP contribution in [0.2, 0.25) is 5.28 Å². The summed E-state index contributed by atoms with van der Waals surface area (Å²) in [7, 11) is 0. The van der Waals surface area contributed by atoms with Crippen LogP contribution in [-0.4, -0.2) is 76.7 Å². The first-order valence-electron chi connectivity index (χ1n) is 8.03. The molecular formula is C14H19ClN6O5S. The maximum Gasteiger partial charge on any atom is 0.320 e. The molecule has 7 N–H and O–H groups in total. The zero-order valence-corrected chi connectivity index (χ0v) is 15.5. The minimum atomic E-state index is -1.22. The molecule has 13 heteroatoms. The van der Waals surface area contributed by atoms with E-state index in [-0.39, 0.29) is 23.2 Å². The molecule has 2 aromatic rings. The average molecular weight is 419 g/mol. The Morgan fingerprint density at radius 2 is 2.15 bits per heavy atom. The Hall–Kier alpha value is -1.70. The van der Waals surface area contributed by atoms with Gasteiger partial charge in [-0.2, -0.15) is 21.7 Å². The molecule has 1 aliphatic rings. The van der Waals surface area contributed by atoms with Crippen LogP contribution in [0.4, 0.5) is 5.82 Å². The van der Waals surface area contributed by atoms with E-state index in [2.05, 4.69) is 15.0 Å². The van der Waals surface area contributed by atoms with Gasteiger partial charge >= 0.3 is 5.97 Å². The summed E-state index contributed by atoms with van der Waals surface area (Å²) in [4.78, 5) is 22.7. The molecule has 148 valence electrons. The number of hydrogen-bond donors (Lipinski definition) is 5. The highest BCUT2D eigenvalue weighted by Gasteiger charge is 2.44. The third-order valence-corrected chi connectivity index (χ3v) is 5.46. The number of nitrogens with zero attached hydrogens (tertiary/aromatic N) is 4. The summed E-state index contributed by atoms with van der Waals surface area (Å²) in [5.74, 6) is -0.131. The zero-order chi connectivity index (χ0) is 19.7. The highest BCUT2D eigenvalue weighted by molar-refractivity contribution is 7.99. The Morgan fingerprint density at radius 1 is 1.41 bits per heavy atom. The SMILES string of the molecule is Nc1nc(Cl)nc2c1ncn2[C@@H]1O[C@H](CSCC[C@H](N)C(=O)O)[C@@H](O)[C@H]1O. The normalized spacial score (nSPS) is 26.5. The van der Waals surface area contributed by atoms with E-state index >= 15 is 0 Å². The molecular weight excluding hydrogens is 400 g/mol. The van der Waals surface area contributed by atoms with Gasteiger partial charge in [-0.05, 0) is 23.8 Å². The maximum atomic E-state index is 10.7. The van der Waals surface area contributed by atoms with Gasteiger partial charge in [0.05, 0.1) is 12.4 Å². The van der Waals surface area contributed by atoms with E-state index in [9.17, 15) is 15.0 Å². The van der Waals surface area contributed by atoms with Gasteiger partial charge in [0.25, 0.3) is 0 Å². The van der Waals surface area contributed by atoms with Gasteiger partial charge in [-0.1, -0.05) is 0 Å². The topological polar surface area (TPSA) is 183 Å². The van der Waals surface area contributed by atoms with E-state index < -0.39 is 36.6 Å². The molecule has 11 nitrogen and oxygen atoms in total. The van der Waals surface area contributed by atoms with E-state index in [0.717, 1.165) is 0 Å². The van der Waals surface area contributed by atoms with Gasteiger partial charge in [-0.3, -0.25) is 9.36 Å². The van der Waals surface area contributed by atoms with Crippen molar-refractivity contribution in [3.05, 3.63) is 11.6 Å². The van der Waals surface area contributed by atoms with Gasteiger partial charge in [0, 0.05) is 5.75 Å². The van der Waals surface area contributed by atoms with E-state index in [0.29, 0.717) is 17.0 Å². The van der Waals surface area contributed by atoms with Crippen LogP contribution in [0.5, 0.6) is 0 Å². The van der Waals surface area contributed by atoms with Crippen LogP contribution in [0, 0.1) is 0 Å². The van der Waals surface area contributed by atoms with Crippen molar-refractivity contribution in [1.29, 1.82) is 0 Å². The van der Waals surface area contributed by atoms with Gasteiger partial charge in [-0.15, -0.1) is 0 Å². The molecule has 2 aromatic heterocycles. The second-order valence-corrected chi connectivity index (χ2v) is 7.54. The maximum absolute atomic E-state index is 10.7. The number of aliphatic hydroxyl groups excluding tert-OH is 2. The molecule has 1 saturated heterocycles. The number of anilines is 1. The number of thioether (sulfide) groups is 1. The highest BCUT2D eigenvalue weighted by atomic mass is 35.5. The van der Waals surface area contributed by atoms with Crippen LogP contribution >= 0.6 is 23.4 Å². The first kappa shape index (κ1) is 20.0. The lowest BCUT2D eigenvalue weighted by molar-refractivity contribution is -0.138. The Bertz CT molecular complexity index is 838. The third kappa shape index (κ3) is 4.10. The summed E-state index contributed by atoms with van der Waals surface area (Å²) >= 11 is 7.21. The first-order chi connectivity index (χ1) is 12.8. The fourth-order valence-electron chi connectivity index (χ4n) is 2.73. The van der Waals surface area contributed by atoms with E-state index in [4.69, 9.17) is 32.9 Å². The van der Waals surface area contributed by atoms with Crippen molar-refractivity contribution in [2.45, 2.75) is 37.0 Å². The number of carboxylic acid groups (broad SMARTS) is 1. The molecule has 0 amide bonds. The lowest BCUT2D eigenvalue weighted by atomic mass is 10.1. The predicted octanol–water partition coefficient (Wildman–Crippen LogP) is -0.784. The lowest BCUT2D eigenvalue weighted by Crippen LogP contribution is -2.33. The van der Waals surface area contributed by atoms with Gasteiger partial charge in [0.2, 0.25) is 5.28 Å². The molecule has 0 radical (unpaired) electrons. The fraction of sp³-hybridized carbons (Fsp3) is 0.571. The van der Waals surface area contributed by atoms with Gasteiger partial charge < -0.3 is 31.5 Å². The number of aliphatic carboxylic acids is 1.